The van der Waals surface area contributed by atoms with Crippen LogP contribution < -0.4 is 10.5 Å². The molecular formula is C16H22N2O. The van der Waals surface area contributed by atoms with E-state index in [1.54, 1.807) is 7.11 Å². The van der Waals surface area contributed by atoms with Crippen LogP contribution in [0.3, 0.4) is 0 Å². The summed E-state index contributed by atoms with van der Waals surface area (Å²) in [6, 6.07) is 12.6. The molecule has 0 aliphatic rings. The largest absolute Gasteiger partial charge is 0.497 e. The average Bonchev–Trinajstić information content (AvgIpc) is 2.85. The highest BCUT2D eigenvalue weighted by atomic mass is 16.5. The molecule has 1 aromatic carbocycles. The van der Waals surface area contributed by atoms with Crippen molar-refractivity contribution in [3.8, 4) is 5.75 Å². The Bertz CT molecular complexity index is 502. The first-order valence-electron chi connectivity index (χ1n) is 6.69. The van der Waals surface area contributed by atoms with Gasteiger partial charge in [0.15, 0.2) is 0 Å². The van der Waals surface area contributed by atoms with Crippen LogP contribution in [-0.2, 0) is 13.5 Å². The summed E-state index contributed by atoms with van der Waals surface area (Å²) in [6.45, 7) is 0.714. The molecule has 102 valence electrons. The van der Waals surface area contributed by atoms with Crippen LogP contribution in [0, 0.1) is 0 Å². The fourth-order valence-electron chi connectivity index (χ4n) is 2.50. The van der Waals surface area contributed by atoms with Gasteiger partial charge in [0.2, 0.25) is 0 Å². The first kappa shape index (κ1) is 13.7. The quantitative estimate of drug-likeness (QED) is 0.865. The summed E-state index contributed by atoms with van der Waals surface area (Å²) in [5.41, 5.74) is 8.42. The number of ether oxygens (including phenoxy) is 1. The minimum absolute atomic E-state index is 0.471. The summed E-state index contributed by atoms with van der Waals surface area (Å²) in [7, 11) is 3.78. The molecule has 19 heavy (non-hydrogen) atoms. The Labute approximate surface area is 115 Å². The number of nitrogens with zero attached hydrogens (tertiary/aromatic N) is 1. The van der Waals surface area contributed by atoms with E-state index in [2.05, 4.69) is 42.1 Å². The molecule has 0 saturated heterocycles. The number of benzene rings is 1. The van der Waals surface area contributed by atoms with E-state index in [0.29, 0.717) is 12.5 Å². The number of hydrogen-bond acceptors (Lipinski definition) is 2. The maximum atomic E-state index is 5.76. The van der Waals surface area contributed by atoms with Crippen LogP contribution in [0.25, 0.3) is 0 Å². The summed E-state index contributed by atoms with van der Waals surface area (Å²) in [5, 5.41) is 0. The van der Waals surface area contributed by atoms with Gasteiger partial charge in [0.1, 0.15) is 5.75 Å². The number of rotatable bonds is 6. The normalized spacial score (nSPS) is 12.4. The Hall–Kier alpha value is -1.74. The lowest BCUT2D eigenvalue weighted by Crippen LogP contribution is -2.12. The molecule has 1 unspecified atom stereocenters. The van der Waals surface area contributed by atoms with Crippen LogP contribution in [0.2, 0.25) is 0 Å². The van der Waals surface area contributed by atoms with E-state index < -0.39 is 0 Å². The lowest BCUT2D eigenvalue weighted by molar-refractivity contribution is 0.414. The fourth-order valence-corrected chi connectivity index (χ4v) is 2.50. The Kier molecular flexibility index (Phi) is 4.63. The first-order chi connectivity index (χ1) is 9.24. The van der Waals surface area contributed by atoms with Crippen molar-refractivity contribution < 1.29 is 4.74 Å². The van der Waals surface area contributed by atoms with Crippen molar-refractivity contribution in [2.24, 2.45) is 12.8 Å². The Morgan fingerprint density at radius 1 is 1.21 bits per heavy atom. The molecule has 0 bridgehead atoms. The van der Waals surface area contributed by atoms with Gasteiger partial charge in [-0.3, -0.25) is 0 Å². The van der Waals surface area contributed by atoms with Crippen molar-refractivity contribution >= 4 is 0 Å². The zero-order chi connectivity index (χ0) is 13.7. The predicted octanol–water partition coefficient (Wildman–Crippen LogP) is 2.71. The number of hydrogen-bond donors (Lipinski definition) is 1. The van der Waals surface area contributed by atoms with Gasteiger partial charge in [0, 0.05) is 24.9 Å². The molecule has 2 rings (SSSR count). The van der Waals surface area contributed by atoms with Crippen LogP contribution in [0.5, 0.6) is 5.75 Å². The zero-order valence-electron chi connectivity index (χ0n) is 11.7. The zero-order valence-corrected chi connectivity index (χ0v) is 11.7. The minimum Gasteiger partial charge on any atom is -0.497 e. The Morgan fingerprint density at radius 2 is 1.95 bits per heavy atom. The van der Waals surface area contributed by atoms with E-state index in [0.717, 1.165) is 18.6 Å². The van der Waals surface area contributed by atoms with Crippen molar-refractivity contribution in [1.82, 2.24) is 4.57 Å². The third kappa shape index (κ3) is 3.38. The molecule has 0 aliphatic heterocycles. The molecule has 2 aromatic rings. The van der Waals surface area contributed by atoms with E-state index in [-0.39, 0.29) is 0 Å². The van der Waals surface area contributed by atoms with E-state index in [4.69, 9.17) is 10.5 Å². The van der Waals surface area contributed by atoms with E-state index >= 15 is 0 Å². The predicted molar refractivity (Wildman–Crippen MR) is 78.5 cm³/mol. The molecule has 0 saturated carbocycles. The average molecular weight is 258 g/mol. The standard InChI is InChI=1S/C16H22N2O/c1-18-11-3-4-16(18)14(9-10-17)12-13-5-7-15(19-2)8-6-13/h3-8,11,14H,9-10,12,17H2,1-2H3. The van der Waals surface area contributed by atoms with Gasteiger partial charge in [-0.05, 0) is 49.2 Å². The SMILES string of the molecule is COc1ccc(CC(CCN)c2cccn2C)cc1. The van der Waals surface area contributed by atoms with Gasteiger partial charge < -0.3 is 15.0 Å². The summed E-state index contributed by atoms with van der Waals surface area (Å²) < 4.78 is 7.37. The highest BCUT2D eigenvalue weighted by Gasteiger charge is 2.14. The maximum Gasteiger partial charge on any atom is 0.118 e. The lowest BCUT2D eigenvalue weighted by Gasteiger charge is -2.17. The van der Waals surface area contributed by atoms with Crippen molar-refractivity contribution in [1.29, 1.82) is 0 Å². The summed E-state index contributed by atoms with van der Waals surface area (Å²) in [4.78, 5) is 0. The van der Waals surface area contributed by atoms with Crippen LogP contribution in [0.4, 0.5) is 0 Å². The van der Waals surface area contributed by atoms with Gasteiger partial charge in [-0.1, -0.05) is 12.1 Å². The van der Waals surface area contributed by atoms with Crippen LogP contribution in [0.15, 0.2) is 42.6 Å². The lowest BCUT2D eigenvalue weighted by atomic mass is 9.93. The van der Waals surface area contributed by atoms with Crippen molar-refractivity contribution in [3.63, 3.8) is 0 Å². The molecule has 3 heteroatoms. The van der Waals surface area contributed by atoms with Crippen molar-refractivity contribution in [3.05, 3.63) is 53.9 Å². The van der Waals surface area contributed by atoms with Gasteiger partial charge in [-0.2, -0.15) is 0 Å². The molecule has 1 aromatic heterocycles. The summed E-state index contributed by atoms with van der Waals surface area (Å²) in [5.74, 6) is 1.37. The Balaban J connectivity index is 2.14. The molecule has 0 fully saturated rings. The molecule has 1 heterocycles. The van der Waals surface area contributed by atoms with Crippen molar-refractivity contribution in [2.75, 3.05) is 13.7 Å². The van der Waals surface area contributed by atoms with Gasteiger partial charge >= 0.3 is 0 Å². The highest BCUT2D eigenvalue weighted by molar-refractivity contribution is 5.28. The topological polar surface area (TPSA) is 40.2 Å². The molecule has 1 atom stereocenters. The van der Waals surface area contributed by atoms with Gasteiger partial charge in [0.05, 0.1) is 7.11 Å². The molecule has 0 spiro atoms. The molecule has 0 aliphatic carbocycles. The van der Waals surface area contributed by atoms with Crippen molar-refractivity contribution in [2.45, 2.75) is 18.8 Å². The molecular weight excluding hydrogens is 236 g/mol. The second-order valence-electron chi connectivity index (χ2n) is 4.87. The van der Waals surface area contributed by atoms with Gasteiger partial charge in [-0.15, -0.1) is 0 Å². The highest BCUT2D eigenvalue weighted by Crippen LogP contribution is 2.25. The molecule has 0 radical (unpaired) electrons. The van der Waals surface area contributed by atoms with Gasteiger partial charge in [-0.25, -0.2) is 0 Å². The second-order valence-corrected chi connectivity index (χ2v) is 4.87. The number of aryl methyl sites for hydroxylation is 1. The first-order valence-corrected chi connectivity index (χ1v) is 6.69. The van der Waals surface area contributed by atoms with Crippen LogP contribution in [-0.4, -0.2) is 18.2 Å². The summed E-state index contributed by atoms with van der Waals surface area (Å²) in [6.07, 6.45) is 4.11. The van der Waals surface area contributed by atoms with Crippen LogP contribution in [0.1, 0.15) is 23.6 Å². The van der Waals surface area contributed by atoms with Crippen LogP contribution >= 0.6 is 0 Å². The number of aromatic nitrogens is 1. The number of methoxy groups -OCH3 is 1. The second kappa shape index (κ2) is 6.43. The monoisotopic (exact) mass is 258 g/mol. The smallest absolute Gasteiger partial charge is 0.118 e. The third-order valence-electron chi connectivity index (χ3n) is 3.56. The third-order valence-corrected chi connectivity index (χ3v) is 3.56. The van der Waals surface area contributed by atoms with E-state index in [1.807, 2.05) is 12.1 Å². The minimum atomic E-state index is 0.471. The number of nitrogens with two attached hydrogens (primary N) is 1. The Morgan fingerprint density at radius 3 is 2.47 bits per heavy atom. The molecule has 2 N–H and O–H groups in total. The molecule has 0 amide bonds. The summed E-state index contributed by atoms with van der Waals surface area (Å²) >= 11 is 0. The van der Waals surface area contributed by atoms with Gasteiger partial charge in [0.25, 0.3) is 0 Å². The van der Waals surface area contributed by atoms with E-state index in [9.17, 15) is 0 Å². The van der Waals surface area contributed by atoms with E-state index in [1.165, 1.54) is 11.3 Å². The fraction of sp³-hybridized carbons (Fsp3) is 0.375. The maximum absolute atomic E-state index is 5.76. The molecule has 3 nitrogen and oxygen atoms in total.